The predicted octanol–water partition coefficient (Wildman–Crippen LogP) is 6.56. The highest BCUT2D eigenvalue weighted by molar-refractivity contribution is 4.95. The highest BCUT2D eigenvalue weighted by atomic mass is 19.4. The molecule has 3 saturated carbocycles. The summed E-state index contributed by atoms with van der Waals surface area (Å²) in [5.74, 6) is 0.600. The third-order valence-corrected chi connectivity index (χ3v) is 7.23. The van der Waals surface area contributed by atoms with Crippen molar-refractivity contribution in [2.45, 2.75) is 95.7 Å². The Morgan fingerprint density at radius 3 is 1.70 bits per heavy atom. The van der Waals surface area contributed by atoms with Gasteiger partial charge in [0.15, 0.2) is 0 Å². The van der Waals surface area contributed by atoms with Crippen LogP contribution in [0.4, 0.5) is 26.3 Å². The lowest BCUT2D eigenvalue weighted by atomic mass is 9.64. The first-order valence-electron chi connectivity index (χ1n) is 10.3. The van der Waals surface area contributed by atoms with Crippen molar-refractivity contribution in [2.75, 3.05) is 0 Å². The zero-order valence-corrected chi connectivity index (χ0v) is 15.7. The molecule has 158 valence electrons. The Morgan fingerprint density at radius 1 is 0.667 bits per heavy atom. The van der Waals surface area contributed by atoms with Crippen molar-refractivity contribution in [1.29, 1.82) is 0 Å². The third-order valence-electron chi connectivity index (χ3n) is 7.23. The molecule has 0 radical (unpaired) electrons. The second-order valence-corrected chi connectivity index (χ2v) is 9.06. The first-order chi connectivity index (χ1) is 12.6. The minimum atomic E-state index is -5.07. The molecule has 0 N–H and O–H groups in total. The molecule has 1 nitrogen and oxygen atoms in total. The first kappa shape index (κ1) is 21.3. The van der Waals surface area contributed by atoms with Gasteiger partial charge in [0, 0.05) is 0 Å². The highest BCUT2D eigenvalue weighted by Gasteiger charge is 2.49. The molecule has 0 heterocycles. The number of hydrogen-bond acceptors (Lipinski definition) is 1. The fraction of sp³-hybridized carbons (Fsp3) is 1.00. The molecule has 0 saturated heterocycles. The van der Waals surface area contributed by atoms with Gasteiger partial charge in [-0.3, -0.25) is 4.74 Å². The van der Waals surface area contributed by atoms with Crippen molar-refractivity contribution >= 4 is 0 Å². The minimum absolute atomic E-state index is 0.252. The summed E-state index contributed by atoms with van der Waals surface area (Å²) in [6.45, 7) is 2.24. The maximum absolute atomic E-state index is 14.9. The van der Waals surface area contributed by atoms with E-state index in [1.54, 1.807) is 0 Å². The normalized spacial score (nSPS) is 47.0. The molecule has 0 aromatic rings. The van der Waals surface area contributed by atoms with Crippen LogP contribution < -0.4 is 0 Å². The molecule has 0 aliphatic heterocycles. The van der Waals surface area contributed by atoms with Crippen molar-refractivity contribution in [3.8, 4) is 0 Å². The van der Waals surface area contributed by atoms with E-state index in [9.17, 15) is 26.3 Å². The van der Waals surface area contributed by atoms with Gasteiger partial charge in [0.25, 0.3) is 0 Å². The standard InChI is InChI=1S/C20H30F6O/c1-11-2-4-12(5-3-11)13-6-7-15(16(21)8-13)14-9-17(22)19(18(23)10-14)27-20(24,25)26/h11-19H,2-10H2,1H3. The van der Waals surface area contributed by atoms with E-state index in [1.165, 1.54) is 12.8 Å². The number of rotatable bonds is 3. The van der Waals surface area contributed by atoms with E-state index in [2.05, 4.69) is 11.7 Å². The van der Waals surface area contributed by atoms with Crippen LogP contribution in [-0.2, 0) is 4.74 Å². The summed E-state index contributed by atoms with van der Waals surface area (Å²) in [7, 11) is 0. The molecular formula is C20H30F6O. The van der Waals surface area contributed by atoms with Gasteiger partial charge >= 0.3 is 6.36 Å². The summed E-state index contributed by atoms with van der Waals surface area (Å²) in [4.78, 5) is 0. The van der Waals surface area contributed by atoms with Crippen LogP contribution in [0.3, 0.4) is 0 Å². The van der Waals surface area contributed by atoms with Gasteiger partial charge in [0.1, 0.15) is 24.6 Å². The molecule has 5 unspecified atom stereocenters. The van der Waals surface area contributed by atoms with Crippen LogP contribution in [0.25, 0.3) is 0 Å². The molecule has 7 heteroatoms. The number of alkyl halides is 6. The Kier molecular flexibility index (Phi) is 6.69. The van der Waals surface area contributed by atoms with Crippen molar-refractivity contribution in [3.05, 3.63) is 0 Å². The Morgan fingerprint density at radius 2 is 1.19 bits per heavy atom. The molecule has 0 bridgehead atoms. The topological polar surface area (TPSA) is 9.23 Å². The molecule has 3 rings (SSSR count). The van der Waals surface area contributed by atoms with E-state index in [1.807, 2.05) is 0 Å². The predicted molar refractivity (Wildman–Crippen MR) is 90.3 cm³/mol. The van der Waals surface area contributed by atoms with Crippen LogP contribution in [0.1, 0.15) is 64.7 Å². The lowest BCUT2D eigenvalue weighted by Crippen LogP contribution is -2.48. The summed E-state index contributed by atoms with van der Waals surface area (Å²) >= 11 is 0. The minimum Gasteiger partial charge on any atom is -0.282 e. The van der Waals surface area contributed by atoms with Gasteiger partial charge in [-0.25, -0.2) is 13.2 Å². The lowest BCUT2D eigenvalue weighted by Gasteiger charge is -2.44. The highest BCUT2D eigenvalue weighted by Crippen LogP contribution is 2.47. The molecule has 0 spiro atoms. The molecule has 3 aliphatic carbocycles. The zero-order chi connectivity index (χ0) is 19.8. The van der Waals surface area contributed by atoms with Crippen LogP contribution in [0.5, 0.6) is 0 Å². The fourth-order valence-electron chi connectivity index (χ4n) is 5.71. The van der Waals surface area contributed by atoms with E-state index in [-0.39, 0.29) is 12.8 Å². The SMILES string of the molecule is CC1CCC(C2CCC(C3CC(F)C(OC(F)(F)F)C(F)C3)C(F)C2)CC1. The number of ether oxygens (including phenoxy) is 1. The Balaban J connectivity index is 1.54. The molecule has 5 atom stereocenters. The molecule has 0 aromatic heterocycles. The van der Waals surface area contributed by atoms with Crippen LogP contribution in [0.15, 0.2) is 0 Å². The summed E-state index contributed by atoms with van der Waals surface area (Å²) in [6.07, 6.45) is -6.44. The Hall–Kier alpha value is -0.460. The number of hydrogen-bond donors (Lipinski definition) is 0. The van der Waals surface area contributed by atoms with Crippen LogP contribution in [0, 0.1) is 29.6 Å². The van der Waals surface area contributed by atoms with Gasteiger partial charge in [0.05, 0.1) is 0 Å². The van der Waals surface area contributed by atoms with Crippen molar-refractivity contribution in [3.63, 3.8) is 0 Å². The summed E-state index contributed by atoms with van der Waals surface area (Å²) in [5.41, 5.74) is 0. The van der Waals surface area contributed by atoms with Gasteiger partial charge in [-0.2, -0.15) is 0 Å². The van der Waals surface area contributed by atoms with Gasteiger partial charge in [-0.15, -0.1) is 13.2 Å². The lowest BCUT2D eigenvalue weighted by molar-refractivity contribution is -0.358. The molecule has 0 amide bonds. The maximum Gasteiger partial charge on any atom is 0.522 e. The second-order valence-electron chi connectivity index (χ2n) is 9.06. The van der Waals surface area contributed by atoms with E-state index in [0.717, 1.165) is 25.2 Å². The van der Waals surface area contributed by atoms with Gasteiger partial charge in [0.2, 0.25) is 0 Å². The maximum atomic E-state index is 14.9. The average molecular weight is 400 g/mol. The van der Waals surface area contributed by atoms with E-state index < -0.39 is 42.8 Å². The quantitative estimate of drug-likeness (QED) is 0.488. The second kappa shape index (κ2) is 8.50. The van der Waals surface area contributed by atoms with Gasteiger partial charge < -0.3 is 0 Å². The average Bonchev–Trinajstić information content (AvgIpc) is 2.58. The molecular weight excluding hydrogens is 370 g/mol. The molecule has 3 fully saturated rings. The van der Waals surface area contributed by atoms with E-state index in [0.29, 0.717) is 24.7 Å². The Bertz CT molecular complexity index is 464. The van der Waals surface area contributed by atoms with E-state index >= 15 is 0 Å². The molecule has 27 heavy (non-hydrogen) atoms. The molecule has 0 aromatic carbocycles. The van der Waals surface area contributed by atoms with Crippen molar-refractivity contribution in [2.24, 2.45) is 29.6 Å². The van der Waals surface area contributed by atoms with E-state index in [4.69, 9.17) is 0 Å². The van der Waals surface area contributed by atoms with Crippen LogP contribution >= 0.6 is 0 Å². The van der Waals surface area contributed by atoms with Crippen LogP contribution in [0.2, 0.25) is 0 Å². The number of halogens is 6. The first-order valence-corrected chi connectivity index (χ1v) is 10.3. The van der Waals surface area contributed by atoms with Crippen molar-refractivity contribution < 1.29 is 31.1 Å². The van der Waals surface area contributed by atoms with Crippen molar-refractivity contribution in [1.82, 2.24) is 0 Å². The van der Waals surface area contributed by atoms with Crippen LogP contribution in [-0.4, -0.2) is 31.0 Å². The largest absolute Gasteiger partial charge is 0.522 e. The molecule has 3 aliphatic rings. The third kappa shape index (κ3) is 5.33. The summed E-state index contributed by atoms with van der Waals surface area (Å²) in [6, 6.07) is 0. The summed E-state index contributed by atoms with van der Waals surface area (Å²) < 4.78 is 83.9. The van der Waals surface area contributed by atoms with Gasteiger partial charge in [-0.1, -0.05) is 19.8 Å². The Labute approximate surface area is 157 Å². The smallest absolute Gasteiger partial charge is 0.282 e. The fourth-order valence-corrected chi connectivity index (χ4v) is 5.71. The monoisotopic (exact) mass is 400 g/mol. The summed E-state index contributed by atoms with van der Waals surface area (Å²) in [5, 5.41) is 0. The van der Waals surface area contributed by atoms with Gasteiger partial charge in [-0.05, 0) is 74.5 Å². The zero-order valence-electron chi connectivity index (χ0n) is 15.7.